The molecule has 140 valence electrons. The largest absolute Gasteiger partial charge is 0.381 e. The van der Waals surface area contributed by atoms with Gasteiger partial charge in [-0.05, 0) is 62.5 Å². The van der Waals surface area contributed by atoms with Crippen molar-refractivity contribution < 1.29 is 14.7 Å². The van der Waals surface area contributed by atoms with Crippen LogP contribution in [-0.4, -0.2) is 22.3 Å². The van der Waals surface area contributed by atoms with Crippen molar-refractivity contribution in [3.05, 3.63) is 35.5 Å². The van der Waals surface area contributed by atoms with Gasteiger partial charge in [0, 0.05) is 17.3 Å². The number of hydrogen-bond donors (Lipinski definition) is 1. The van der Waals surface area contributed by atoms with Crippen molar-refractivity contribution in [2.24, 2.45) is 28.6 Å². The lowest BCUT2D eigenvalue weighted by Crippen LogP contribution is -2.56. The molecular formula is C23H30O3. The number of ketones is 2. The van der Waals surface area contributed by atoms with E-state index >= 15 is 0 Å². The number of carbonyl (C=O) groups excluding carboxylic acids is 2. The zero-order valence-electron chi connectivity index (χ0n) is 16.3. The lowest BCUT2D eigenvalue weighted by Gasteiger charge is -2.53. The van der Waals surface area contributed by atoms with E-state index in [1.165, 1.54) is 11.1 Å². The smallest absolute Gasteiger partial charge is 0.178 e. The summed E-state index contributed by atoms with van der Waals surface area (Å²) in [7, 11) is 0. The van der Waals surface area contributed by atoms with Crippen LogP contribution in [0, 0.1) is 28.6 Å². The van der Waals surface area contributed by atoms with Gasteiger partial charge in [0.05, 0.1) is 0 Å². The molecule has 3 heteroatoms. The predicted molar refractivity (Wildman–Crippen MR) is 101 cm³/mol. The van der Waals surface area contributed by atoms with Gasteiger partial charge in [-0.1, -0.05) is 44.1 Å². The molecule has 0 aliphatic heterocycles. The van der Waals surface area contributed by atoms with Crippen LogP contribution in [0.1, 0.15) is 59.8 Å². The first-order valence-corrected chi connectivity index (χ1v) is 10.1. The first-order valence-electron chi connectivity index (χ1n) is 10.1. The Morgan fingerprint density at radius 1 is 1.35 bits per heavy atom. The summed E-state index contributed by atoms with van der Waals surface area (Å²) in [6, 6.07) is 0. The third-order valence-electron chi connectivity index (χ3n) is 8.28. The molecule has 2 fully saturated rings. The normalized spacial score (nSPS) is 46.8. The minimum Gasteiger partial charge on any atom is -0.381 e. The summed E-state index contributed by atoms with van der Waals surface area (Å²) in [5.74, 6) is 0.787. The Morgan fingerprint density at radius 3 is 2.77 bits per heavy atom. The number of fused-ring (bicyclic) bond motifs is 5. The van der Waals surface area contributed by atoms with Crippen LogP contribution in [0.25, 0.3) is 0 Å². The van der Waals surface area contributed by atoms with Gasteiger partial charge in [0.2, 0.25) is 0 Å². The fraction of sp³-hybridized carbons (Fsp3) is 0.652. The number of carbonyl (C=O) groups is 2. The van der Waals surface area contributed by atoms with Crippen LogP contribution in [0.15, 0.2) is 35.5 Å². The fourth-order valence-corrected chi connectivity index (χ4v) is 6.73. The monoisotopic (exact) mass is 354 g/mol. The van der Waals surface area contributed by atoms with Gasteiger partial charge < -0.3 is 5.11 Å². The maximum atomic E-state index is 12.8. The summed E-state index contributed by atoms with van der Waals surface area (Å²) in [5.41, 5.74) is 0.851. The second-order valence-corrected chi connectivity index (χ2v) is 9.32. The lowest BCUT2D eigenvalue weighted by molar-refractivity contribution is -0.158. The van der Waals surface area contributed by atoms with Gasteiger partial charge in [-0.2, -0.15) is 0 Å². The van der Waals surface area contributed by atoms with Gasteiger partial charge >= 0.3 is 0 Å². The minimum absolute atomic E-state index is 0.00221. The molecule has 0 heterocycles. The fourth-order valence-electron chi connectivity index (χ4n) is 6.73. The zero-order chi connectivity index (χ0) is 18.9. The van der Waals surface area contributed by atoms with Crippen molar-refractivity contribution in [3.8, 4) is 0 Å². The second kappa shape index (κ2) is 5.51. The Bertz CT molecular complexity index is 772. The van der Waals surface area contributed by atoms with E-state index in [9.17, 15) is 14.7 Å². The molecule has 2 unspecified atom stereocenters. The molecular weight excluding hydrogens is 324 g/mol. The van der Waals surface area contributed by atoms with E-state index in [-0.39, 0.29) is 28.3 Å². The first kappa shape index (κ1) is 17.9. The third kappa shape index (κ3) is 1.98. The molecule has 6 atom stereocenters. The SMILES string of the molecule is CCC(=O)[C@@]1(O)[C@@H](C)CC2C3CCC4=CC(=O)C=C[C@]4(C)C3=CC[C@@]21C. The Hall–Kier alpha value is -1.48. The molecule has 2 saturated carbocycles. The Morgan fingerprint density at radius 2 is 2.08 bits per heavy atom. The van der Waals surface area contributed by atoms with Crippen LogP contribution in [-0.2, 0) is 9.59 Å². The number of allylic oxidation sites excluding steroid dienone is 6. The van der Waals surface area contributed by atoms with E-state index in [0.29, 0.717) is 18.3 Å². The number of hydrogen-bond acceptors (Lipinski definition) is 3. The molecule has 0 aromatic carbocycles. The Labute approximate surface area is 156 Å². The molecule has 0 amide bonds. The summed E-state index contributed by atoms with van der Waals surface area (Å²) < 4.78 is 0. The molecule has 0 saturated heterocycles. The maximum Gasteiger partial charge on any atom is 0.178 e. The van der Waals surface area contributed by atoms with Crippen molar-refractivity contribution in [2.75, 3.05) is 0 Å². The average molecular weight is 354 g/mol. The van der Waals surface area contributed by atoms with Crippen molar-refractivity contribution in [1.29, 1.82) is 0 Å². The van der Waals surface area contributed by atoms with Gasteiger partial charge in [-0.3, -0.25) is 9.59 Å². The van der Waals surface area contributed by atoms with Crippen LogP contribution in [0.2, 0.25) is 0 Å². The van der Waals surface area contributed by atoms with E-state index < -0.39 is 5.60 Å². The number of Topliss-reactive ketones (excluding diaryl/α,β-unsaturated/α-hetero) is 1. The summed E-state index contributed by atoms with van der Waals surface area (Å²) >= 11 is 0. The summed E-state index contributed by atoms with van der Waals surface area (Å²) in [6.45, 7) is 8.27. The zero-order valence-corrected chi connectivity index (χ0v) is 16.3. The molecule has 1 N–H and O–H groups in total. The van der Waals surface area contributed by atoms with E-state index in [0.717, 1.165) is 25.7 Å². The van der Waals surface area contributed by atoms with Crippen molar-refractivity contribution >= 4 is 11.6 Å². The van der Waals surface area contributed by atoms with Gasteiger partial charge in [0.25, 0.3) is 0 Å². The third-order valence-corrected chi connectivity index (χ3v) is 8.28. The Balaban J connectivity index is 1.79. The molecule has 0 aromatic heterocycles. The molecule has 0 bridgehead atoms. The molecule has 0 radical (unpaired) electrons. The first-order chi connectivity index (χ1) is 12.2. The predicted octanol–water partition coefficient (Wildman–Crippen LogP) is 4.17. The minimum atomic E-state index is -1.22. The molecule has 0 spiro atoms. The van der Waals surface area contributed by atoms with E-state index in [1.807, 2.05) is 19.9 Å². The molecule has 3 nitrogen and oxygen atoms in total. The number of aliphatic hydroxyl groups is 1. The molecule has 4 aliphatic rings. The molecule has 0 aromatic rings. The van der Waals surface area contributed by atoms with Crippen molar-refractivity contribution in [2.45, 2.75) is 65.4 Å². The highest BCUT2D eigenvalue weighted by molar-refractivity contribution is 6.01. The van der Waals surface area contributed by atoms with E-state index in [2.05, 4.69) is 26.0 Å². The molecule has 26 heavy (non-hydrogen) atoms. The van der Waals surface area contributed by atoms with E-state index in [1.54, 1.807) is 6.08 Å². The van der Waals surface area contributed by atoms with Crippen molar-refractivity contribution in [3.63, 3.8) is 0 Å². The average Bonchev–Trinajstić information content (AvgIpc) is 2.83. The standard InChI is InChI=1S/C23H30O3/c1-5-20(25)23(26)14(2)12-19-17-7-6-15-13-16(24)8-10-21(15,3)18(17)9-11-22(19,23)4/h8-10,13-14,17,19,26H,5-7,11-12H2,1-4H3/t14-,17?,19?,21-,22-,23-/m0/s1. The van der Waals surface area contributed by atoms with E-state index in [4.69, 9.17) is 0 Å². The quantitative estimate of drug-likeness (QED) is 0.757. The van der Waals surface area contributed by atoms with Gasteiger partial charge in [0.15, 0.2) is 11.6 Å². The topological polar surface area (TPSA) is 54.4 Å². The lowest BCUT2D eigenvalue weighted by atomic mass is 9.51. The highest BCUT2D eigenvalue weighted by Crippen LogP contribution is 2.66. The summed E-state index contributed by atoms with van der Waals surface area (Å²) in [5, 5.41) is 11.6. The highest BCUT2D eigenvalue weighted by Gasteiger charge is 2.66. The summed E-state index contributed by atoms with van der Waals surface area (Å²) in [4.78, 5) is 24.6. The van der Waals surface area contributed by atoms with Crippen LogP contribution in [0.3, 0.4) is 0 Å². The second-order valence-electron chi connectivity index (χ2n) is 9.32. The Kier molecular flexibility index (Phi) is 3.80. The summed E-state index contributed by atoms with van der Waals surface area (Å²) in [6.07, 6.45) is 11.9. The van der Waals surface area contributed by atoms with Gasteiger partial charge in [-0.25, -0.2) is 0 Å². The van der Waals surface area contributed by atoms with Crippen molar-refractivity contribution in [1.82, 2.24) is 0 Å². The number of rotatable bonds is 2. The van der Waals surface area contributed by atoms with Crippen LogP contribution < -0.4 is 0 Å². The van der Waals surface area contributed by atoms with Crippen LogP contribution in [0.5, 0.6) is 0 Å². The van der Waals surface area contributed by atoms with Gasteiger partial charge in [0.1, 0.15) is 5.60 Å². The van der Waals surface area contributed by atoms with Crippen LogP contribution >= 0.6 is 0 Å². The highest BCUT2D eigenvalue weighted by atomic mass is 16.3. The maximum absolute atomic E-state index is 12.8. The van der Waals surface area contributed by atoms with Gasteiger partial charge in [-0.15, -0.1) is 0 Å². The van der Waals surface area contributed by atoms with Crippen LogP contribution in [0.4, 0.5) is 0 Å². The molecule has 4 rings (SSSR count). The molecule has 4 aliphatic carbocycles.